The second-order valence-corrected chi connectivity index (χ2v) is 8.27. The van der Waals surface area contributed by atoms with Gasteiger partial charge in [-0.05, 0) is 68.6 Å². The van der Waals surface area contributed by atoms with Crippen LogP contribution in [0.5, 0.6) is 0 Å². The largest absolute Gasteiger partial charge is 0.507 e. The highest BCUT2D eigenvalue weighted by Crippen LogP contribution is 2.39. The van der Waals surface area contributed by atoms with Crippen LogP contribution in [0.3, 0.4) is 0 Å². The fourth-order valence-electron chi connectivity index (χ4n) is 4.34. The maximum absolute atomic E-state index is 13.0. The predicted molar refractivity (Wildman–Crippen MR) is 115 cm³/mol. The Balaban J connectivity index is 1.81. The van der Waals surface area contributed by atoms with Crippen LogP contribution in [0, 0.1) is 0 Å². The summed E-state index contributed by atoms with van der Waals surface area (Å²) >= 11 is 0. The summed E-state index contributed by atoms with van der Waals surface area (Å²) < 4.78 is 0. The van der Waals surface area contributed by atoms with Crippen LogP contribution in [0.25, 0.3) is 5.76 Å². The predicted octanol–water partition coefficient (Wildman–Crippen LogP) is 2.94. The molecule has 0 bridgehead atoms. The Labute approximate surface area is 176 Å². The van der Waals surface area contributed by atoms with Crippen molar-refractivity contribution in [2.45, 2.75) is 31.7 Å². The van der Waals surface area contributed by atoms with Crippen molar-refractivity contribution in [3.63, 3.8) is 0 Å². The summed E-state index contributed by atoms with van der Waals surface area (Å²) in [6, 6.07) is 8.83. The van der Waals surface area contributed by atoms with Gasteiger partial charge in [0, 0.05) is 31.0 Å². The second kappa shape index (κ2) is 8.40. The van der Waals surface area contributed by atoms with Gasteiger partial charge in [0.05, 0.1) is 11.6 Å². The quantitative estimate of drug-likeness (QED) is 0.470. The van der Waals surface area contributed by atoms with E-state index in [9.17, 15) is 14.7 Å². The zero-order valence-corrected chi connectivity index (χ0v) is 17.5. The fraction of sp³-hybridized carbons (Fsp3) is 0.375. The van der Waals surface area contributed by atoms with Gasteiger partial charge in [-0.1, -0.05) is 18.2 Å². The molecule has 4 rings (SSSR count). The molecule has 0 radical (unpaired) electrons. The van der Waals surface area contributed by atoms with E-state index in [1.54, 1.807) is 23.4 Å². The maximum atomic E-state index is 13.0. The molecule has 30 heavy (non-hydrogen) atoms. The smallest absolute Gasteiger partial charge is 0.295 e. The van der Waals surface area contributed by atoms with E-state index < -0.39 is 17.7 Å². The lowest BCUT2D eigenvalue weighted by atomic mass is 9.89. The Morgan fingerprint density at radius 1 is 1.17 bits per heavy atom. The van der Waals surface area contributed by atoms with Crippen LogP contribution in [0.15, 0.2) is 48.3 Å². The molecule has 1 aromatic carbocycles. The van der Waals surface area contributed by atoms with Crippen LogP contribution in [-0.2, 0) is 22.4 Å². The van der Waals surface area contributed by atoms with E-state index in [-0.39, 0.29) is 11.3 Å². The highest BCUT2D eigenvalue weighted by Gasteiger charge is 2.46. The van der Waals surface area contributed by atoms with Gasteiger partial charge in [0.1, 0.15) is 5.76 Å². The van der Waals surface area contributed by atoms with Crippen molar-refractivity contribution in [1.82, 2.24) is 14.8 Å². The third-order valence-corrected chi connectivity index (χ3v) is 5.95. The van der Waals surface area contributed by atoms with E-state index in [0.29, 0.717) is 18.7 Å². The molecule has 1 unspecified atom stereocenters. The molecule has 1 aromatic heterocycles. The number of aliphatic hydroxyl groups excluding tert-OH is 1. The number of fused-ring (bicyclic) bond motifs is 1. The van der Waals surface area contributed by atoms with Crippen LogP contribution in [0.1, 0.15) is 41.1 Å². The molecule has 2 aromatic rings. The number of likely N-dealkylation sites (N-methyl/N-ethyl adjacent to an activating group) is 1. The van der Waals surface area contributed by atoms with E-state index in [4.69, 9.17) is 0 Å². The first-order valence-corrected chi connectivity index (χ1v) is 10.4. The fourth-order valence-corrected chi connectivity index (χ4v) is 4.34. The van der Waals surface area contributed by atoms with Crippen molar-refractivity contribution in [2.75, 3.05) is 27.2 Å². The van der Waals surface area contributed by atoms with Gasteiger partial charge >= 0.3 is 0 Å². The summed E-state index contributed by atoms with van der Waals surface area (Å²) in [7, 11) is 3.84. The molecular weight excluding hydrogens is 378 g/mol. The molecule has 6 nitrogen and oxygen atoms in total. The molecule has 2 aliphatic rings. The standard InChI is InChI=1S/C24H27N3O3/c1-26(2)12-13-27-21(19-8-5-11-25-15-19)20(23(29)24(27)30)22(28)18-10-9-16-6-3-4-7-17(16)14-18/h5,8-11,14-15,21,28H,3-4,6-7,12-13H2,1-2H3/b22-20-. The van der Waals surface area contributed by atoms with Crippen LogP contribution in [0.2, 0.25) is 0 Å². The van der Waals surface area contributed by atoms with Gasteiger partial charge in [0.15, 0.2) is 0 Å². The third-order valence-electron chi connectivity index (χ3n) is 5.95. The van der Waals surface area contributed by atoms with Gasteiger partial charge in [-0.25, -0.2) is 0 Å². The average Bonchev–Trinajstić information content (AvgIpc) is 3.02. The molecule has 1 aliphatic carbocycles. The Morgan fingerprint density at radius 2 is 1.93 bits per heavy atom. The molecular formula is C24H27N3O3. The first-order chi connectivity index (χ1) is 14.5. The minimum absolute atomic E-state index is 0.108. The van der Waals surface area contributed by atoms with Gasteiger partial charge in [0.25, 0.3) is 11.7 Å². The molecule has 1 fully saturated rings. The van der Waals surface area contributed by atoms with Crippen molar-refractivity contribution in [1.29, 1.82) is 0 Å². The Kier molecular flexibility index (Phi) is 5.68. The number of carbonyl (C=O) groups excluding carboxylic acids is 2. The Morgan fingerprint density at radius 3 is 2.63 bits per heavy atom. The maximum Gasteiger partial charge on any atom is 0.295 e. The van der Waals surface area contributed by atoms with Gasteiger partial charge in [-0.2, -0.15) is 0 Å². The summed E-state index contributed by atoms with van der Waals surface area (Å²) in [5, 5.41) is 11.2. The zero-order valence-electron chi connectivity index (χ0n) is 17.5. The number of ketones is 1. The minimum Gasteiger partial charge on any atom is -0.507 e. The monoisotopic (exact) mass is 405 g/mol. The van der Waals surface area contributed by atoms with Crippen molar-refractivity contribution in [3.8, 4) is 0 Å². The molecule has 0 spiro atoms. The SMILES string of the molecule is CN(C)CCN1C(=O)C(=O)/C(=C(\O)c2ccc3c(c2)CCCC3)C1c1cccnc1. The molecule has 1 amide bonds. The number of aromatic nitrogens is 1. The summed E-state index contributed by atoms with van der Waals surface area (Å²) in [4.78, 5) is 33.6. The van der Waals surface area contributed by atoms with Crippen LogP contribution in [0.4, 0.5) is 0 Å². The van der Waals surface area contributed by atoms with Gasteiger partial charge in [-0.3, -0.25) is 14.6 Å². The summed E-state index contributed by atoms with van der Waals surface area (Å²) in [6.07, 6.45) is 7.62. The topological polar surface area (TPSA) is 73.7 Å². The van der Waals surface area contributed by atoms with Gasteiger partial charge < -0.3 is 14.9 Å². The lowest BCUT2D eigenvalue weighted by molar-refractivity contribution is -0.140. The van der Waals surface area contributed by atoms with Crippen molar-refractivity contribution in [2.24, 2.45) is 0 Å². The van der Waals surface area contributed by atoms with E-state index >= 15 is 0 Å². The summed E-state index contributed by atoms with van der Waals surface area (Å²) in [5.41, 5.74) is 3.96. The van der Waals surface area contributed by atoms with Gasteiger partial charge in [-0.15, -0.1) is 0 Å². The van der Waals surface area contributed by atoms with E-state index in [0.717, 1.165) is 24.8 Å². The number of aryl methyl sites for hydroxylation is 2. The molecule has 1 aliphatic heterocycles. The van der Waals surface area contributed by atoms with Crippen molar-refractivity contribution in [3.05, 3.63) is 70.6 Å². The van der Waals surface area contributed by atoms with Crippen molar-refractivity contribution >= 4 is 17.4 Å². The van der Waals surface area contributed by atoms with E-state index in [1.807, 2.05) is 43.3 Å². The molecule has 2 heterocycles. The first kappa shape index (κ1) is 20.3. The molecule has 1 N–H and O–H groups in total. The van der Waals surface area contributed by atoms with Crippen molar-refractivity contribution < 1.29 is 14.7 Å². The normalized spacial score (nSPS) is 20.6. The van der Waals surface area contributed by atoms with E-state index in [2.05, 4.69) is 4.98 Å². The summed E-state index contributed by atoms with van der Waals surface area (Å²) in [5.74, 6) is -1.33. The minimum atomic E-state index is -0.644. The van der Waals surface area contributed by atoms with Crippen LogP contribution in [-0.4, -0.2) is 58.8 Å². The molecule has 0 saturated carbocycles. The number of carbonyl (C=O) groups is 2. The van der Waals surface area contributed by atoms with E-state index in [1.165, 1.54) is 17.5 Å². The second-order valence-electron chi connectivity index (χ2n) is 8.27. The number of amides is 1. The molecule has 156 valence electrons. The number of hydrogen-bond acceptors (Lipinski definition) is 5. The van der Waals surface area contributed by atoms with Crippen LogP contribution >= 0.6 is 0 Å². The zero-order chi connectivity index (χ0) is 21.3. The molecule has 1 atom stereocenters. The highest BCUT2D eigenvalue weighted by atomic mass is 16.3. The number of pyridine rings is 1. The number of aliphatic hydroxyl groups is 1. The lowest BCUT2D eigenvalue weighted by Gasteiger charge is -2.26. The Hall–Kier alpha value is -2.99. The van der Waals surface area contributed by atoms with Gasteiger partial charge in [0.2, 0.25) is 0 Å². The molecule has 1 saturated heterocycles. The average molecular weight is 405 g/mol. The molecule has 6 heteroatoms. The number of likely N-dealkylation sites (tertiary alicyclic amines) is 1. The Bertz CT molecular complexity index is 998. The third kappa shape index (κ3) is 3.75. The highest BCUT2D eigenvalue weighted by molar-refractivity contribution is 6.46. The number of hydrogen-bond donors (Lipinski definition) is 1. The first-order valence-electron chi connectivity index (χ1n) is 10.4. The number of rotatable bonds is 5. The summed E-state index contributed by atoms with van der Waals surface area (Å²) in [6.45, 7) is 1.00. The van der Waals surface area contributed by atoms with Crippen LogP contribution < -0.4 is 0 Å². The number of benzene rings is 1. The number of Topliss-reactive ketones (excluding diaryl/α,β-unsaturated/α-hetero) is 1. The number of nitrogens with zero attached hydrogens (tertiary/aromatic N) is 3. The lowest BCUT2D eigenvalue weighted by Crippen LogP contribution is -2.35.